The maximum atomic E-state index is 11.6. The minimum atomic E-state index is -1.61. The number of carboxylic acids is 1. The quantitative estimate of drug-likeness (QED) is 0.634. The minimum Gasteiger partial charge on any atom is -0.479 e. The van der Waals surface area contributed by atoms with Gasteiger partial charge in [0.15, 0.2) is 6.10 Å². The lowest BCUT2D eigenvalue weighted by atomic mass is 10.1. The summed E-state index contributed by atoms with van der Waals surface area (Å²) in [5, 5.41) is 22.4. The highest BCUT2D eigenvalue weighted by Crippen LogP contribution is 2.22. The van der Waals surface area contributed by atoms with Crippen molar-refractivity contribution in [2.45, 2.75) is 13.0 Å². The highest BCUT2D eigenvalue weighted by molar-refractivity contribution is 5.90. The summed E-state index contributed by atoms with van der Waals surface area (Å²) in [6.07, 6.45) is -1.61. The Hall–Kier alpha value is -2.28. The number of aryl methyl sites for hydroxylation is 1. The molecule has 1 rings (SSSR count). The second kappa shape index (κ2) is 6.76. The van der Waals surface area contributed by atoms with Gasteiger partial charge in [0.2, 0.25) is 0 Å². The molecule has 0 spiro atoms. The largest absolute Gasteiger partial charge is 0.479 e. The first-order valence-corrected chi connectivity index (χ1v) is 6.05. The number of aliphatic hydroxyl groups is 1. The predicted molar refractivity (Wildman–Crippen MR) is 76.2 cm³/mol. The molecule has 0 fully saturated rings. The van der Waals surface area contributed by atoms with Gasteiger partial charge in [0.1, 0.15) is 0 Å². The van der Waals surface area contributed by atoms with Crippen molar-refractivity contribution in [2.24, 2.45) is 0 Å². The number of hydrogen-bond acceptors (Lipinski definition) is 4. The van der Waals surface area contributed by atoms with E-state index >= 15 is 0 Å². The van der Waals surface area contributed by atoms with Crippen molar-refractivity contribution in [3.63, 3.8) is 0 Å². The van der Waals surface area contributed by atoms with Gasteiger partial charge in [-0.05, 0) is 24.6 Å². The molecule has 0 bridgehead atoms. The molecule has 0 aliphatic heterocycles. The maximum absolute atomic E-state index is 11.6. The summed E-state index contributed by atoms with van der Waals surface area (Å²) in [7, 11) is 3.80. The molecular formula is C13H19N3O4. The number of hydrogen-bond donors (Lipinski definition) is 4. The van der Waals surface area contributed by atoms with E-state index in [0.29, 0.717) is 5.69 Å². The molecule has 0 saturated carbocycles. The van der Waals surface area contributed by atoms with Crippen LogP contribution in [0.3, 0.4) is 0 Å². The SMILES string of the molecule is Cc1ccc(NC(=O)NC[C@H](O)C(=O)O)cc1N(C)C. The van der Waals surface area contributed by atoms with E-state index in [-0.39, 0.29) is 6.54 Å². The summed E-state index contributed by atoms with van der Waals surface area (Å²) in [5.41, 5.74) is 2.62. The smallest absolute Gasteiger partial charge is 0.334 e. The first kappa shape index (κ1) is 15.8. The summed E-state index contributed by atoms with van der Waals surface area (Å²) in [6, 6.07) is 4.86. The summed E-state index contributed by atoms with van der Waals surface area (Å²) >= 11 is 0. The molecule has 0 aromatic heterocycles. The number of nitrogens with one attached hydrogen (secondary N) is 2. The first-order chi connectivity index (χ1) is 9.31. The van der Waals surface area contributed by atoms with Crippen LogP contribution >= 0.6 is 0 Å². The van der Waals surface area contributed by atoms with Crippen LogP contribution in [0.4, 0.5) is 16.2 Å². The molecule has 20 heavy (non-hydrogen) atoms. The van der Waals surface area contributed by atoms with Gasteiger partial charge in [0, 0.05) is 25.5 Å². The van der Waals surface area contributed by atoms with Crippen molar-refractivity contribution in [3.05, 3.63) is 23.8 Å². The second-order valence-corrected chi connectivity index (χ2v) is 4.58. The van der Waals surface area contributed by atoms with Crippen LogP contribution in [0.2, 0.25) is 0 Å². The molecule has 7 nitrogen and oxygen atoms in total. The minimum absolute atomic E-state index is 0.354. The lowest BCUT2D eigenvalue weighted by Gasteiger charge is -2.17. The lowest BCUT2D eigenvalue weighted by molar-refractivity contribution is -0.146. The van der Waals surface area contributed by atoms with Crippen molar-refractivity contribution in [1.82, 2.24) is 5.32 Å². The third-order valence-corrected chi connectivity index (χ3v) is 2.69. The van der Waals surface area contributed by atoms with Gasteiger partial charge < -0.3 is 25.7 Å². The Morgan fingerprint density at radius 2 is 2.00 bits per heavy atom. The highest BCUT2D eigenvalue weighted by atomic mass is 16.4. The van der Waals surface area contributed by atoms with E-state index in [1.54, 1.807) is 6.07 Å². The number of benzene rings is 1. The molecule has 0 heterocycles. The van der Waals surface area contributed by atoms with Crippen molar-refractivity contribution in [2.75, 3.05) is 30.9 Å². The average Bonchev–Trinajstić information content (AvgIpc) is 2.37. The zero-order valence-electron chi connectivity index (χ0n) is 11.7. The number of aliphatic carboxylic acids is 1. The van der Waals surface area contributed by atoms with E-state index in [2.05, 4.69) is 10.6 Å². The zero-order valence-corrected chi connectivity index (χ0v) is 11.7. The van der Waals surface area contributed by atoms with Gasteiger partial charge in [-0.15, -0.1) is 0 Å². The Labute approximate surface area is 117 Å². The fourth-order valence-electron chi connectivity index (χ4n) is 1.62. The van der Waals surface area contributed by atoms with Crippen LogP contribution in [0.15, 0.2) is 18.2 Å². The van der Waals surface area contributed by atoms with Crippen LogP contribution in [0.25, 0.3) is 0 Å². The molecule has 4 N–H and O–H groups in total. The third kappa shape index (κ3) is 4.43. The van der Waals surface area contributed by atoms with Crippen LogP contribution in [-0.2, 0) is 4.79 Å². The standard InChI is InChI=1S/C13H19N3O4/c1-8-4-5-9(6-10(8)16(2)3)15-13(20)14-7-11(17)12(18)19/h4-6,11,17H,7H2,1-3H3,(H,18,19)(H2,14,15,20)/t11-/m0/s1. The topological polar surface area (TPSA) is 102 Å². The van der Waals surface area contributed by atoms with Gasteiger partial charge in [-0.25, -0.2) is 9.59 Å². The van der Waals surface area contributed by atoms with E-state index in [4.69, 9.17) is 10.2 Å². The predicted octanol–water partition coefficient (Wildman–Crippen LogP) is 0.628. The van der Waals surface area contributed by atoms with Crippen molar-refractivity contribution < 1.29 is 19.8 Å². The molecule has 0 radical (unpaired) electrons. The number of anilines is 2. The fourth-order valence-corrected chi connectivity index (χ4v) is 1.62. The van der Waals surface area contributed by atoms with E-state index in [1.165, 1.54) is 0 Å². The number of carbonyl (C=O) groups excluding carboxylic acids is 1. The molecule has 1 atom stereocenters. The summed E-state index contributed by atoms with van der Waals surface area (Å²) < 4.78 is 0. The third-order valence-electron chi connectivity index (χ3n) is 2.69. The van der Waals surface area contributed by atoms with Gasteiger partial charge in [0.25, 0.3) is 0 Å². The number of carboxylic acid groups (broad SMARTS) is 1. The molecule has 7 heteroatoms. The van der Waals surface area contributed by atoms with E-state index < -0.39 is 18.1 Å². The summed E-state index contributed by atoms with van der Waals surface area (Å²) in [6.45, 7) is 1.61. The van der Waals surface area contributed by atoms with E-state index in [9.17, 15) is 9.59 Å². The average molecular weight is 281 g/mol. The van der Waals surface area contributed by atoms with Crippen LogP contribution in [0.1, 0.15) is 5.56 Å². The van der Waals surface area contributed by atoms with Crippen LogP contribution in [-0.4, -0.2) is 49.0 Å². The lowest BCUT2D eigenvalue weighted by Crippen LogP contribution is -2.38. The van der Waals surface area contributed by atoms with Gasteiger partial charge in [-0.2, -0.15) is 0 Å². The molecule has 110 valence electrons. The molecular weight excluding hydrogens is 262 g/mol. The molecule has 1 aromatic rings. The molecule has 0 saturated heterocycles. The zero-order chi connectivity index (χ0) is 15.3. The molecule has 1 aromatic carbocycles. The maximum Gasteiger partial charge on any atom is 0.334 e. The molecule has 2 amide bonds. The Morgan fingerprint density at radius 3 is 2.55 bits per heavy atom. The molecule has 0 aliphatic carbocycles. The molecule has 0 aliphatic rings. The van der Waals surface area contributed by atoms with Crippen molar-refractivity contribution >= 4 is 23.4 Å². The molecule has 0 unspecified atom stereocenters. The number of aliphatic hydroxyl groups excluding tert-OH is 1. The van der Waals surface area contributed by atoms with Gasteiger partial charge >= 0.3 is 12.0 Å². The number of nitrogens with zero attached hydrogens (tertiary/aromatic N) is 1. The van der Waals surface area contributed by atoms with E-state index in [1.807, 2.05) is 38.1 Å². The summed E-state index contributed by atoms with van der Waals surface area (Å²) in [4.78, 5) is 23.9. The number of carbonyl (C=O) groups is 2. The number of amides is 2. The fraction of sp³-hybridized carbons (Fsp3) is 0.385. The number of rotatable bonds is 5. The van der Waals surface area contributed by atoms with Crippen molar-refractivity contribution in [1.29, 1.82) is 0 Å². The summed E-state index contributed by atoms with van der Waals surface area (Å²) in [5.74, 6) is -1.38. The Morgan fingerprint density at radius 1 is 1.35 bits per heavy atom. The van der Waals surface area contributed by atoms with Crippen LogP contribution in [0, 0.1) is 6.92 Å². The monoisotopic (exact) mass is 281 g/mol. The highest BCUT2D eigenvalue weighted by Gasteiger charge is 2.14. The second-order valence-electron chi connectivity index (χ2n) is 4.58. The number of urea groups is 1. The van der Waals surface area contributed by atoms with E-state index in [0.717, 1.165) is 11.3 Å². The van der Waals surface area contributed by atoms with Gasteiger partial charge in [-0.1, -0.05) is 6.07 Å². The Balaban J connectivity index is 2.62. The normalized spacial score (nSPS) is 11.6. The van der Waals surface area contributed by atoms with Crippen LogP contribution in [0.5, 0.6) is 0 Å². The Kier molecular flexibility index (Phi) is 5.33. The van der Waals surface area contributed by atoms with Crippen molar-refractivity contribution in [3.8, 4) is 0 Å². The van der Waals surface area contributed by atoms with Gasteiger partial charge in [-0.3, -0.25) is 0 Å². The van der Waals surface area contributed by atoms with Gasteiger partial charge in [0.05, 0.1) is 6.54 Å². The first-order valence-electron chi connectivity index (χ1n) is 6.05. The Bertz CT molecular complexity index is 502. The van der Waals surface area contributed by atoms with Crippen LogP contribution < -0.4 is 15.5 Å².